The second kappa shape index (κ2) is 10.1. The lowest BCUT2D eigenvalue weighted by Crippen LogP contribution is -2.42. The Labute approximate surface area is 184 Å². The second-order valence-electron chi connectivity index (χ2n) is 7.65. The first-order valence-corrected chi connectivity index (χ1v) is 10.6. The molecule has 1 aromatic heterocycles. The fraction of sp³-hybridized carbons (Fsp3) is 0.409. The molecule has 0 spiro atoms. The lowest BCUT2D eigenvalue weighted by molar-refractivity contribution is -0.138. The number of aromatic nitrogens is 2. The zero-order valence-corrected chi connectivity index (χ0v) is 18.0. The maximum atomic E-state index is 13.2. The van der Waals surface area contributed by atoms with Gasteiger partial charge in [-0.2, -0.15) is 0 Å². The number of nitrogens with zero attached hydrogens (tertiary/aromatic N) is 3. The van der Waals surface area contributed by atoms with Gasteiger partial charge in [-0.15, -0.1) is 0 Å². The first kappa shape index (κ1) is 23.0. The molecule has 10 heteroatoms. The summed E-state index contributed by atoms with van der Waals surface area (Å²) in [6.45, 7) is 2.23. The topological polar surface area (TPSA) is 139 Å². The van der Waals surface area contributed by atoms with Gasteiger partial charge in [0.25, 0.3) is 5.56 Å². The fourth-order valence-electron chi connectivity index (χ4n) is 3.65. The molecule has 1 aromatic carbocycles. The minimum absolute atomic E-state index is 0.0425. The van der Waals surface area contributed by atoms with Gasteiger partial charge in [-0.05, 0) is 12.0 Å². The van der Waals surface area contributed by atoms with Gasteiger partial charge in [0.1, 0.15) is 5.82 Å². The van der Waals surface area contributed by atoms with Crippen molar-refractivity contribution in [2.24, 2.45) is 0 Å². The van der Waals surface area contributed by atoms with Crippen LogP contribution in [0.5, 0.6) is 0 Å². The molecule has 32 heavy (non-hydrogen) atoms. The number of amides is 3. The van der Waals surface area contributed by atoms with Gasteiger partial charge in [0, 0.05) is 32.4 Å². The summed E-state index contributed by atoms with van der Waals surface area (Å²) < 4.78 is 1.25. The first-order chi connectivity index (χ1) is 15.3. The molecule has 170 valence electrons. The molecule has 2 aromatic rings. The van der Waals surface area contributed by atoms with Crippen LogP contribution in [0.1, 0.15) is 44.6 Å². The summed E-state index contributed by atoms with van der Waals surface area (Å²) in [5, 5.41) is 0. The molecule has 1 aliphatic rings. The molecular weight excluding hydrogens is 414 g/mol. The van der Waals surface area contributed by atoms with Gasteiger partial charge in [-0.25, -0.2) is 4.79 Å². The molecule has 3 N–H and O–H groups in total. The van der Waals surface area contributed by atoms with Crippen molar-refractivity contribution < 1.29 is 14.4 Å². The molecule has 2 heterocycles. The summed E-state index contributed by atoms with van der Waals surface area (Å²) in [5.74, 6) is -1.21. The van der Waals surface area contributed by atoms with Crippen LogP contribution in [-0.4, -0.2) is 38.7 Å². The number of rotatable bonds is 9. The van der Waals surface area contributed by atoms with Crippen molar-refractivity contribution in [2.45, 2.75) is 52.1 Å². The monoisotopic (exact) mass is 441 g/mol. The third-order valence-electron chi connectivity index (χ3n) is 5.41. The van der Waals surface area contributed by atoms with E-state index in [-0.39, 0.29) is 55.7 Å². The van der Waals surface area contributed by atoms with Crippen molar-refractivity contribution in [3.05, 3.63) is 56.7 Å². The van der Waals surface area contributed by atoms with Crippen LogP contribution in [-0.2, 0) is 27.5 Å². The van der Waals surface area contributed by atoms with Crippen LogP contribution in [0.3, 0.4) is 0 Å². The smallest absolute Gasteiger partial charge is 0.330 e. The molecule has 1 aliphatic heterocycles. The van der Waals surface area contributed by atoms with E-state index in [9.17, 15) is 24.0 Å². The van der Waals surface area contributed by atoms with Gasteiger partial charge in [-0.3, -0.25) is 33.6 Å². The molecule has 0 aliphatic carbocycles. The van der Waals surface area contributed by atoms with E-state index in [0.717, 1.165) is 16.9 Å². The zero-order chi connectivity index (χ0) is 23.3. The third kappa shape index (κ3) is 4.96. The highest BCUT2D eigenvalue weighted by Crippen LogP contribution is 2.21. The van der Waals surface area contributed by atoms with E-state index in [1.807, 2.05) is 13.0 Å². The maximum Gasteiger partial charge on any atom is 0.330 e. The number of likely N-dealkylation sites (tertiary alicyclic amines) is 1. The fourth-order valence-corrected chi connectivity index (χ4v) is 3.65. The van der Waals surface area contributed by atoms with Crippen LogP contribution in [0.4, 0.5) is 11.5 Å². The van der Waals surface area contributed by atoms with Crippen molar-refractivity contribution in [1.29, 1.82) is 0 Å². The molecule has 1 fully saturated rings. The molecular formula is C22H27N5O5. The number of unbranched alkanes of at least 4 members (excludes halogenated alkanes) is 1. The lowest BCUT2D eigenvalue weighted by Gasteiger charge is -2.25. The Morgan fingerprint density at radius 2 is 1.72 bits per heavy atom. The number of H-pyrrole nitrogens is 1. The highest BCUT2D eigenvalue weighted by atomic mass is 16.2. The van der Waals surface area contributed by atoms with E-state index in [4.69, 9.17) is 5.73 Å². The second-order valence-corrected chi connectivity index (χ2v) is 7.65. The zero-order valence-electron chi connectivity index (χ0n) is 18.0. The predicted octanol–water partition coefficient (Wildman–Crippen LogP) is 0.991. The lowest BCUT2D eigenvalue weighted by atomic mass is 10.2. The van der Waals surface area contributed by atoms with E-state index in [1.54, 1.807) is 24.3 Å². The number of imide groups is 1. The van der Waals surface area contributed by atoms with Crippen molar-refractivity contribution in [1.82, 2.24) is 14.5 Å². The molecule has 10 nitrogen and oxygen atoms in total. The van der Waals surface area contributed by atoms with Gasteiger partial charge < -0.3 is 10.6 Å². The van der Waals surface area contributed by atoms with Crippen molar-refractivity contribution in [3.8, 4) is 0 Å². The number of hydrogen-bond acceptors (Lipinski definition) is 6. The number of aromatic amines is 1. The largest absolute Gasteiger partial charge is 0.383 e. The standard InChI is InChI=1S/C22H27N5O5/c1-2-3-12-26-20(23)19(21(31)24-22(26)32)27(14-15-7-5-4-6-8-15)18(30)11-13-25-16(28)9-10-17(25)29/h4-8H,2-3,9-14,23H2,1H3,(H,24,31,32). The van der Waals surface area contributed by atoms with E-state index < -0.39 is 17.2 Å². The number of anilines is 2. The molecule has 0 bridgehead atoms. The van der Waals surface area contributed by atoms with Crippen LogP contribution < -0.4 is 21.9 Å². The van der Waals surface area contributed by atoms with Gasteiger partial charge in [0.05, 0.1) is 6.54 Å². The van der Waals surface area contributed by atoms with Gasteiger partial charge >= 0.3 is 5.69 Å². The maximum absolute atomic E-state index is 13.2. The van der Waals surface area contributed by atoms with Gasteiger partial charge in [0.2, 0.25) is 17.7 Å². The number of nitrogens with one attached hydrogen (secondary N) is 1. The average Bonchev–Trinajstić information content (AvgIpc) is 3.09. The van der Waals surface area contributed by atoms with Crippen LogP contribution in [0.2, 0.25) is 0 Å². The number of nitrogen functional groups attached to an aromatic ring is 1. The first-order valence-electron chi connectivity index (χ1n) is 10.6. The average molecular weight is 441 g/mol. The van der Waals surface area contributed by atoms with Crippen molar-refractivity contribution >= 4 is 29.2 Å². The Morgan fingerprint density at radius 1 is 1.06 bits per heavy atom. The quantitative estimate of drug-likeness (QED) is 0.557. The Hall–Kier alpha value is -3.69. The molecule has 0 atom stereocenters. The minimum atomic E-state index is -0.766. The number of benzene rings is 1. The summed E-state index contributed by atoms with van der Waals surface area (Å²) in [6, 6.07) is 9.02. The SMILES string of the molecule is CCCCn1c(N)c(N(Cc2ccccc2)C(=O)CCN2C(=O)CCC2=O)c(=O)[nH]c1=O. The van der Waals surface area contributed by atoms with E-state index >= 15 is 0 Å². The number of carbonyl (C=O) groups excluding carboxylic acids is 3. The molecule has 0 saturated carbocycles. The molecule has 1 saturated heterocycles. The van der Waals surface area contributed by atoms with Crippen molar-refractivity contribution in [2.75, 3.05) is 17.2 Å². The molecule has 0 radical (unpaired) electrons. The number of carbonyl (C=O) groups is 3. The predicted molar refractivity (Wildman–Crippen MR) is 119 cm³/mol. The third-order valence-corrected chi connectivity index (χ3v) is 5.41. The summed E-state index contributed by atoms with van der Waals surface area (Å²) in [4.78, 5) is 66.5. The van der Waals surface area contributed by atoms with E-state index in [2.05, 4.69) is 4.98 Å². The Morgan fingerprint density at radius 3 is 2.34 bits per heavy atom. The number of nitrogens with two attached hydrogens (primary N) is 1. The van der Waals surface area contributed by atoms with E-state index in [1.165, 1.54) is 9.47 Å². The highest BCUT2D eigenvalue weighted by molar-refractivity contribution is 6.02. The van der Waals surface area contributed by atoms with Crippen LogP contribution >= 0.6 is 0 Å². The van der Waals surface area contributed by atoms with Crippen LogP contribution in [0.25, 0.3) is 0 Å². The van der Waals surface area contributed by atoms with E-state index in [0.29, 0.717) is 13.0 Å². The van der Waals surface area contributed by atoms with Gasteiger partial charge in [-0.1, -0.05) is 43.7 Å². The summed E-state index contributed by atoms with van der Waals surface area (Å²) in [6.07, 6.45) is 1.58. The normalized spacial score (nSPS) is 13.6. The number of hydrogen-bond donors (Lipinski definition) is 2. The van der Waals surface area contributed by atoms with Crippen molar-refractivity contribution in [3.63, 3.8) is 0 Å². The van der Waals surface area contributed by atoms with Crippen LogP contribution in [0.15, 0.2) is 39.9 Å². The Balaban J connectivity index is 1.96. The Kier molecular flexibility index (Phi) is 7.24. The molecule has 0 unspecified atom stereocenters. The Bertz CT molecular complexity index is 1110. The van der Waals surface area contributed by atoms with Gasteiger partial charge in [0.15, 0.2) is 5.69 Å². The minimum Gasteiger partial charge on any atom is -0.383 e. The molecule has 3 amide bonds. The van der Waals surface area contributed by atoms with Crippen LogP contribution in [0, 0.1) is 0 Å². The summed E-state index contributed by atoms with van der Waals surface area (Å²) in [7, 11) is 0. The highest BCUT2D eigenvalue weighted by Gasteiger charge is 2.31. The summed E-state index contributed by atoms with van der Waals surface area (Å²) >= 11 is 0. The molecule has 3 rings (SSSR count). The summed E-state index contributed by atoms with van der Waals surface area (Å²) in [5.41, 5.74) is 5.44.